The van der Waals surface area contributed by atoms with Crippen molar-refractivity contribution in [1.82, 2.24) is 4.98 Å². The number of nitrogens with zero attached hydrogens (tertiary/aromatic N) is 1. The Morgan fingerprint density at radius 3 is 3.20 bits per heavy atom. The Bertz CT molecular complexity index is 324. The van der Waals surface area contributed by atoms with Crippen LogP contribution >= 0.6 is 0 Å². The summed E-state index contributed by atoms with van der Waals surface area (Å²) in [6.07, 6.45) is 5.56. The van der Waals surface area contributed by atoms with Gasteiger partial charge in [0.2, 0.25) is 0 Å². The van der Waals surface area contributed by atoms with Crippen molar-refractivity contribution in [3.05, 3.63) is 24.0 Å². The number of hydrogen-bond acceptors (Lipinski definition) is 4. The summed E-state index contributed by atoms with van der Waals surface area (Å²) in [5.41, 5.74) is 7.05. The molecule has 0 saturated carbocycles. The van der Waals surface area contributed by atoms with Gasteiger partial charge in [-0.2, -0.15) is 0 Å². The summed E-state index contributed by atoms with van der Waals surface area (Å²) in [5, 5.41) is 9.96. The van der Waals surface area contributed by atoms with E-state index in [-0.39, 0.29) is 6.10 Å². The first-order valence-corrected chi connectivity index (χ1v) is 5.26. The topological polar surface area (TPSA) is 68.4 Å². The first kappa shape index (κ1) is 10.4. The van der Waals surface area contributed by atoms with E-state index in [1.165, 1.54) is 0 Å². The van der Waals surface area contributed by atoms with Crippen LogP contribution in [0.3, 0.4) is 0 Å². The molecule has 4 heteroatoms. The van der Waals surface area contributed by atoms with Crippen LogP contribution in [0.25, 0.3) is 0 Å². The molecule has 0 amide bonds. The van der Waals surface area contributed by atoms with Crippen molar-refractivity contribution in [2.75, 3.05) is 12.3 Å². The lowest BCUT2D eigenvalue weighted by molar-refractivity contribution is 0.0536. The molecule has 1 aliphatic heterocycles. The van der Waals surface area contributed by atoms with Gasteiger partial charge in [-0.05, 0) is 18.9 Å². The third-order valence-corrected chi connectivity index (χ3v) is 2.76. The fourth-order valence-corrected chi connectivity index (χ4v) is 1.90. The molecule has 0 bridgehead atoms. The van der Waals surface area contributed by atoms with Gasteiger partial charge in [0.1, 0.15) is 0 Å². The number of pyridine rings is 1. The molecule has 4 nitrogen and oxygen atoms in total. The van der Waals surface area contributed by atoms with Crippen LogP contribution in [0.4, 0.5) is 5.69 Å². The number of aromatic nitrogens is 1. The van der Waals surface area contributed by atoms with Crippen molar-refractivity contribution in [2.24, 2.45) is 0 Å². The average Bonchev–Trinajstić information content (AvgIpc) is 2.71. The lowest BCUT2D eigenvalue weighted by atomic mass is 10.0. The van der Waals surface area contributed by atoms with Crippen molar-refractivity contribution in [3.8, 4) is 0 Å². The fraction of sp³-hybridized carbons (Fsp3) is 0.545. The molecule has 2 atom stereocenters. The van der Waals surface area contributed by atoms with Gasteiger partial charge >= 0.3 is 0 Å². The Labute approximate surface area is 89.1 Å². The SMILES string of the molecule is Nc1ccncc1C(O)CC1CCCO1. The molecule has 1 saturated heterocycles. The van der Waals surface area contributed by atoms with E-state index in [0.717, 1.165) is 19.4 Å². The number of aliphatic hydroxyl groups is 1. The highest BCUT2D eigenvalue weighted by Crippen LogP contribution is 2.27. The van der Waals surface area contributed by atoms with Crippen molar-refractivity contribution in [2.45, 2.75) is 31.5 Å². The van der Waals surface area contributed by atoms with Crippen molar-refractivity contribution >= 4 is 5.69 Å². The van der Waals surface area contributed by atoms with Gasteiger partial charge in [-0.15, -0.1) is 0 Å². The standard InChI is InChI=1S/C11H16N2O2/c12-10-3-4-13-7-9(10)11(14)6-8-2-1-5-15-8/h3-4,7-8,11,14H,1-2,5-6H2,(H2,12,13). The zero-order chi connectivity index (χ0) is 10.7. The van der Waals surface area contributed by atoms with Crippen LogP contribution < -0.4 is 5.73 Å². The second kappa shape index (κ2) is 4.59. The second-order valence-corrected chi connectivity index (χ2v) is 3.89. The normalized spacial score (nSPS) is 22.9. The fourth-order valence-electron chi connectivity index (χ4n) is 1.90. The van der Waals surface area contributed by atoms with Crippen molar-refractivity contribution < 1.29 is 9.84 Å². The Morgan fingerprint density at radius 2 is 2.53 bits per heavy atom. The summed E-state index contributed by atoms with van der Waals surface area (Å²) in [6, 6.07) is 1.70. The number of ether oxygens (including phenoxy) is 1. The van der Waals surface area contributed by atoms with Gasteiger partial charge in [-0.1, -0.05) is 0 Å². The molecule has 2 heterocycles. The van der Waals surface area contributed by atoms with E-state index in [9.17, 15) is 5.11 Å². The first-order valence-electron chi connectivity index (χ1n) is 5.26. The Kier molecular flexibility index (Phi) is 3.18. The smallest absolute Gasteiger partial charge is 0.0849 e. The number of nitrogens with two attached hydrogens (primary N) is 1. The molecule has 0 aromatic carbocycles. The van der Waals surface area contributed by atoms with Crippen LogP contribution in [-0.4, -0.2) is 22.8 Å². The molecule has 0 spiro atoms. The van der Waals surface area contributed by atoms with Gasteiger partial charge in [0.15, 0.2) is 0 Å². The lowest BCUT2D eigenvalue weighted by Gasteiger charge is -2.16. The van der Waals surface area contributed by atoms with Gasteiger partial charge < -0.3 is 15.6 Å². The minimum atomic E-state index is -0.568. The van der Waals surface area contributed by atoms with Gasteiger partial charge in [-0.3, -0.25) is 4.98 Å². The molecule has 15 heavy (non-hydrogen) atoms. The van der Waals surface area contributed by atoms with E-state index in [1.807, 2.05) is 0 Å². The van der Waals surface area contributed by atoms with Gasteiger partial charge in [-0.25, -0.2) is 0 Å². The number of anilines is 1. The largest absolute Gasteiger partial charge is 0.398 e. The summed E-state index contributed by atoms with van der Waals surface area (Å²) in [7, 11) is 0. The highest BCUT2D eigenvalue weighted by Gasteiger charge is 2.21. The Balaban J connectivity index is 2.00. The minimum absolute atomic E-state index is 0.166. The third-order valence-electron chi connectivity index (χ3n) is 2.76. The summed E-state index contributed by atoms with van der Waals surface area (Å²) in [6.45, 7) is 0.805. The molecule has 1 fully saturated rings. The van der Waals surface area contributed by atoms with Crippen LogP contribution in [0.5, 0.6) is 0 Å². The van der Waals surface area contributed by atoms with E-state index in [0.29, 0.717) is 17.7 Å². The number of rotatable bonds is 3. The Hall–Kier alpha value is -1.13. The molecule has 2 rings (SSSR count). The highest BCUT2D eigenvalue weighted by atomic mass is 16.5. The highest BCUT2D eigenvalue weighted by molar-refractivity contribution is 5.45. The zero-order valence-corrected chi connectivity index (χ0v) is 8.60. The molecule has 1 aliphatic rings. The van der Waals surface area contributed by atoms with Crippen LogP contribution in [0.15, 0.2) is 18.5 Å². The Morgan fingerprint density at radius 1 is 1.67 bits per heavy atom. The molecule has 1 aromatic heterocycles. The molecule has 0 radical (unpaired) electrons. The van der Waals surface area contributed by atoms with E-state index in [1.54, 1.807) is 18.5 Å². The van der Waals surface area contributed by atoms with Crippen LogP contribution in [0, 0.1) is 0 Å². The van der Waals surface area contributed by atoms with E-state index >= 15 is 0 Å². The minimum Gasteiger partial charge on any atom is -0.398 e. The van der Waals surface area contributed by atoms with Crippen molar-refractivity contribution in [1.29, 1.82) is 0 Å². The molecule has 2 unspecified atom stereocenters. The second-order valence-electron chi connectivity index (χ2n) is 3.89. The predicted molar refractivity (Wildman–Crippen MR) is 57.2 cm³/mol. The summed E-state index contributed by atoms with van der Waals surface area (Å²) in [4.78, 5) is 3.96. The quantitative estimate of drug-likeness (QED) is 0.784. The molecule has 3 N–H and O–H groups in total. The summed E-state index contributed by atoms with van der Waals surface area (Å²) >= 11 is 0. The number of nitrogen functional groups attached to an aromatic ring is 1. The number of hydrogen-bond donors (Lipinski definition) is 2. The monoisotopic (exact) mass is 208 g/mol. The van der Waals surface area contributed by atoms with Crippen LogP contribution in [-0.2, 0) is 4.74 Å². The van der Waals surface area contributed by atoms with E-state index < -0.39 is 6.10 Å². The van der Waals surface area contributed by atoms with E-state index in [2.05, 4.69) is 4.98 Å². The molecule has 82 valence electrons. The maximum absolute atomic E-state index is 9.96. The summed E-state index contributed by atoms with van der Waals surface area (Å²) < 4.78 is 5.46. The van der Waals surface area contributed by atoms with Crippen molar-refractivity contribution in [3.63, 3.8) is 0 Å². The number of aliphatic hydroxyl groups excluding tert-OH is 1. The third kappa shape index (κ3) is 2.46. The van der Waals surface area contributed by atoms with Crippen LogP contribution in [0.1, 0.15) is 30.9 Å². The maximum atomic E-state index is 9.96. The molecule has 1 aromatic rings. The van der Waals surface area contributed by atoms with Gasteiger partial charge in [0.25, 0.3) is 0 Å². The maximum Gasteiger partial charge on any atom is 0.0849 e. The molecule has 0 aliphatic carbocycles. The molecular weight excluding hydrogens is 192 g/mol. The van der Waals surface area contributed by atoms with Gasteiger partial charge in [0.05, 0.1) is 12.2 Å². The average molecular weight is 208 g/mol. The lowest BCUT2D eigenvalue weighted by Crippen LogP contribution is -2.12. The first-order chi connectivity index (χ1) is 7.27. The predicted octanol–water partition coefficient (Wildman–Crippen LogP) is 1.27. The zero-order valence-electron chi connectivity index (χ0n) is 8.60. The summed E-state index contributed by atoms with van der Waals surface area (Å²) in [5.74, 6) is 0. The van der Waals surface area contributed by atoms with Crippen LogP contribution in [0.2, 0.25) is 0 Å². The molecular formula is C11H16N2O2. The van der Waals surface area contributed by atoms with E-state index in [4.69, 9.17) is 10.5 Å². The van der Waals surface area contributed by atoms with Gasteiger partial charge in [0, 0.05) is 36.7 Å².